The van der Waals surface area contributed by atoms with E-state index in [1.807, 2.05) is 19.1 Å². The number of hydrogen-bond acceptors (Lipinski definition) is 4. The molecule has 2 heterocycles. The number of aromatic amines is 1. The third kappa shape index (κ3) is 2.32. The van der Waals surface area contributed by atoms with Gasteiger partial charge in [0, 0.05) is 29.2 Å². The number of H-pyrrole nitrogens is 1. The molecule has 0 unspecified atom stereocenters. The van der Waals surface area contributed by atoms with Gasteiger partial charge in [0.25, 0.3) is 5.91 Å². The topological polar surface area (TPSA) is 83.0 Å². The van der Waals surface area contributed by atoms with Crippen LogP contribution in [0.4, 0.5) is 0 Å². The van der Waals surface area contributed by atoms with Crippen LogP contribution < -0.4 is 5.43 Å². The van der Waals surface area contributed by atoms with E-state index < -0.39 is 0 Å². The van der Waals surface area contributed by atoms with Gasteiger partial charge in [0.05, 0.1) is 5.71 Å². The molecule has 0 atom stereocenters. The van der Waals surface area contributed by atoms with Crippen LogP contribution in [0.1, 0.15) is 40.7 Å². The van der Waals surface area contributed by atoms with Crippen molar-refractivity contribution in [1.82, 2.24) is 20.6 Å². The smallest absolute Gasteiger partial charge is 0.281 e. The maximum absolute atomic E-state index is 12.1. The van der Waals surface area contributed by atoms with E-state index in [0.717, 1.165) is 41.8 Å². The van der Waals surface area contributed by atoms with Gasteiger partial charge in [0.15, 0.2) is 5.69 Å². The van der Waals surface area contributed by atoms with Gasteiger partial charge < -0.3 is 0 Å². The van der Waals surface area contributed by atoms with E-state index in [0.29, 0.717) is 5.69 Å². The number of rotatable bonds is 3. The fraction of sp³-hybridized carbons (Fsp3) is 0.286. The average Bonchev–Trinajstić information content (AvgIpc) is 3.08. The van der Waals surface area contributed by atoms with Gasteiger partial charge in [-0.25, -0.2) is 5.43 Å². The molecule has 0 bridgehead atoms. The Morgan fingerprint density at radius 1 is 1.35 bits per heavy atom. The molecule has 2 N–H and O–H groups in total. The van der Waals surface area contributed by atoms with Crippen LogP contribution in [0.3, 0.4) is 0 Å². The van der Waals surface area contributed by atoms with Crippen LogP contribution in [-0.2, 0) is 12.8 Å². The molecule has 1 aliphatic rings. The summed E-state index contributed by atoms with van der Waals surface area (Å²) in [4.78, 5) is 16.0. The Kier molecular flexibility index (Phi) is 3.28. The third-order valence-corrected chi connectivity index (χ3v) is 3.44. The molecule has 0 radical (unpaired) electrons. The summed E-state index contributed by atoms with van der Waals surface area (Å²) in [6.45, 7) is 1.84. The summed E-state index contributed by atoms with van der Waals surface area (Å²) in [6.07, 6.45) is 6.33. The molecule has 6 nitrogen and oxygen atoms in total. The standard InChI is InChI=1S/C14H15N5O/c1-9(10-5-7-15-8-6-10)16-19-14(20)13-11-3-2-4-12(11)17-18-13/h5-8H,2-4H2,1H3,(H,17,18)(H,19,20). The average molecular weight is 269 g/mol. The van der Waals surface area contributed by atoms with Gasteiger partial charge in [0.2, 0.25) is 0 Å². The second-order valence-electron chi connectivity index (χ2n) is 4.76. The Morgan fingerprint density at radius 2 is 2.15 bits per heavy atom. The van der Waals surface area contributed by atoms with E-state index in [1.165, 1.54) is 0 Å². The highest BCUT2D eigenvalue weighted by Gasteiger charge is 2.22. The van der Waals surface area contributed by atoms with Gasteiger partial charge in [-0.2, -0.15) is 10.2 Å². The molecule has 0 aromatic carbocycles. The van der Waals surface area contributed by atoms with Gasteiger partial charge in [-0.15, -0.1) is 0 Å². The fourth-order valence-corrected chi connectivity index (χ4v) is 2.35. The van der Waals surface area contributed by atoms with Gasteiger partial charge in [-0.05, 0) is 38.3 Å². The van der Waals surface area contributed by atoms with E-state index in [9.17, 15) is 4.79 Å². The second kappa shape index (κ2) is 5.24. The van der Waals surface area contributed by atoms with E-state index in [2.05, 4.69) is 25.7 Å². The quantitative estimate of drug-likeness (QED) is 0.653. The molecule has 0 spiro atoms. The summed E-state index contributed by atoms with van der Waals surface area (Å²) >= 11 is 0. The van der Waals surface area contributed by atoms with Crippen LogP contribution in [0.2, 0.25) is 0 Å². The number of hydrazone groups is 1. The van der Waals surface area contributed by atoms with E-state index in [1.54, 1.807) is 12.4 Å². The highest BCUT2D eigenvalue weighted by Crippen LogP contribution is 2.22. The Labute approximate surface area is 116 Å². The Bertz CT molecular complexity index is 659. The second-order valence-corrected chi connectivity index (χ2v) is 4.76. The zero-order valence-corrected chi connectivity index (χ0v) is 11.2. The van der Waals surface area contributed by atoms with Crippen LogP contribution in [0.15, 0.2) is 29.6 Å². The Morgan fingerprint density at radius 3 is 2.95 bits per heavy atom. The third-order valence-electron chi connectivity index (χ3n) is 3.44. The lowest BCUT2D eigenvalue weighted by Crippen LogP contribution is -2.21. The van der Waals surface area contributed by atoms with Crippen LogP contribution in [-0.4, -0.2) is 26.8 Å². The van der Waals surface area contributed by atoms with Crippen LogP contribution in [0.25, 0.3) is 0 Å². The minimum Gasteiger partial charge on any atom is -0.281 e. The number of aromatic nitrogens is 3. The predicted octanol–water partition coefficient (Wildman–Crippen LogP) is 1.45. The van der Waals surface area contributed by atoms with Crippen molar-refractivity contribution in [2.75, 3.05) is 0 Å². The number of fused-ring (bicyclic) bond motifs is 1. The lowest BCUT2D eigenvalue weighted by molar-refractivity contribution is 0.0949. The highest BCUT2D eigenvalue weighted by atomic mass is 16.2. The number of carbonyl (C=O) groups excluding carboxylic acids is 1. The van der Waals surface area contributed by atoms with Crippen molar-refractivity contribution in [3.05, 3.63) is 47.0 Å². The van der Waals surface area contributed by atoms with Gasteiger partial charge in [-0.1, -0.05) is 0 Å². The summed E-state index contributed by atoms with van der Waals surface area (Å²) in [7, 11) is 0. The van der Waals surface area contributed by atoms with Gasteiger partial charge >= 0.3 is 0 Å². The van der Waals surface area contributed by atoms with Crippen molar-refractivity contribution in [2.24, 2.45) is 5.10 Å². The number of carbonyl (C=O) groups is 1. The van der Waals surface area contributed by atoms with Crippen molar-refractivity contribution >= 4 is 11.6 Å². The normalized spacial score (nSPS) is 14.2. The number of nitrogens with zero attached hydrogens (tertiary/aromatic N) is 3. The molecule has 2 aromatic rings. The summed E-state index contributed by atoms with van der Waals surface area (Å²) in [5.74, 6) is -0.266. The van der Waals surface area contributed by atoms with Crippen LogP contribution >= 0.6 is 0 Å². The summed E-state index contributed by atoms with van der Waals surface area (Å²) in [6, 6.07) is 3.69. The largest absolute Gasteiger partial charge is 0.292 e. The van der Waals surface area contributed by atoms with Crippen molar-refractivity contribution in [2.45, 2.75) is 26.2 Å². The molecular formula is C14H15N5O. The van der Waals surface area contributed by atoms with E-state index >= 15 is 0 Å². The monoisotopic (exact) mass is 269 g/mol. The Balaban J connectivity index is 1.73. The molecule has 2 aromatic heterocycles. The molecule has 1 aliphatic carbocycles. The minimum absolute atomic E-state index is 0.266. The predicted molar refractivity (Wildman–Crippen MR) is 74.5 cm³/mol. The van der Waals surface area contributed by atoms with Gasteiger partial charge in [-0.3, -0.25) is 14.9 Å². The maximum Gasteiger partial charge on any atom is 0.292 e. The number of hydrogen-bond donors (Lipinski definition) is 2. The molecule has 20 heavy (non-hydrogen) atoms. The molecular weight excluding hydrogens is 254 g/mol. The van der Waals surface area contributed by atoms with Crippen LogP contribution in [0, 0.1) is 0 Å². The first-order valence-corrected chi connectivity index (χ1v) is 6.57. The first-order chi connectivity index (χ1) is 9.75. The molecule has 0 fully saturated rings. The molecule has 6 heteroatoms. The van der Waals surface area contributed by atoms with E-state index in [4.69, 9.17) is 0 Å². The molecule has 1 amide bonds. The maximum atomic E-state index is 12.1. The molecule has 102 valence electrons. The zero-order valence-electron chi connectivity index (χ0n) is 11.2. The Hall–Kier alpha value is -2.50. The number of pyridine rings is 1. The summed E-state index contributed by atoms with van der Waals surface area (Å²) in [5.41, 5.74) is 6.78. The van der Waals surface area contributed by atoms with Crippen LogP contribution in [0.5, 0.6) is 0 Å². The number of amides is 1. The molecule has 3 rings (SSSR count). The lowest BCUT2D eigenvalue weighted by Gasteiger charge is -2.02. The zero-order chi connectivity index (χ0) is 13.9. The SMILES string of the molecule is CC(=NNC(=O)c1n[nH]c2c1CCC2)c1ccncc1. The molecule has 0 aliphatic heterocycles. The first kappa shape index (κ1) is 12.5. The molecule has 0 saturated heterocycles. The van der Waals surface area contributed by atoms with Crippen molar-refractivity contribution in [1.29, 1.82) is 0 Å². The van der Waals surface area contributed by atoms with Crippen molar-refractivity contribution in [3.63, 3.8) is 0 Å². The van der Waals surface area contributed by atoms with Gasteiger partial charge in [0.1, 0.15) is 0 Å². The first-order valence-electron chi connectivity index (χ1n) is 6.57. The fourth-order valence-electron chi connectivity index (χ4n) is 2.35. The summed E-state index contributed by atoms with van der Waals surface area (Å²) in [5, 5.41) is 11.1. The highest BCUT2D eigenvalue weighted by molar-refractivity contribution is 6.00. The minimum atomic E-state index is -0.266. The van der Waals surface area contributed by atoms with E-state index in [-0.39, 0.29) is 5.91 Å². The van der Waals surface area contributed by atoms with Crippen molar-refractivity contribution < 1.29 is 4.79 Å². The summed E-state index contributed by atoms with van der Waals surface area (Å²) < 4.78 is 0. The number of aryl methyl sites for hydroxylation is 1. The number of nitrogens with one attached hydrogen (secondary N) is 2. The van der Waals surface area contributed by atoms with Crippen molar-refractivity contribution in [3.8, 4) is 0 Å². The lowest BCUT2D eigenvalue weighted by atomic mass is 10.2. The molecule has 0 saturated carbocycles.